The molecule has 0 aromatic carbocycles. The Labute approximate surface area is 129 Å². The van der Waals surface area contributed by atoms with Crippen LogP contribution in [0.3, 0.4) is 0 Å². The van der Waals surface area contributed by atoms with Crippen molar-refractivity contribution in [1.29, 1.82) is 0 Å². The quantitative estimate of drug-likeness (QED) is 0.663. The van der Waals surface area contributed by atoms with E-state index >= 15 is 0 Å². The molecule has 21 heavy (non-hydrogen) atoms. The summed E-state index contributed by atoms with van der Waals surface area (Å²) in [4.78, 5) is 12.6. The normalized spacial score (nSPS) is 52.1. The average Bonchev–Trinajstić information content (AvgIpc) is 2.54. The summed E-state index contributed by atoms with van der Waals surface area (Å²) in [6.45, 7) is 15.1. The van der Waals surface area contributed by atoms with Crippen LogP contribution in [0.15, 0.2) is 12.7 Å². The number of carbonyl (C=O) groups excluding carboxylic acids is 1. The molecule has 2 aliphatic carbocycles. The third-order valence-electron chi connectivity index (χ3n) is 7.22. The Balaban J connectivity index is 1.98. The molecule has 3 rings (SSSR count). The van der Waals surface area contributed by atoms with Crippen LogP contribution in [0, 0.1) is 22.7 Å². The van der Waals surface area contributed by atoms with Gasteiger partial charge in [-0.2, -0.15) is 0 Å². The van der Waals surface area contributed by atoms with Crippen LogP contribution in [0.4, 0.5) is 0 Å². The summed E-state index contributed by atoms with van der Waals surface area (Å²) in [5.74, 6) is 1.45. The van der Waals surface area contributed by atoms with E-state index in [1.165, 1.54) is 0 Å². The topological polar surface area (TPSA) is 26.3 Å². The second-order valence-corrected chi connectivity index (χ2v) is 8.94. The maximum Gasteiger partial charge on any atom is 0.139 e. The fourth-order valence-electron chi connectivity index (χ4n) is 5.99. The standard InChI is InChI=1S/C19H30O2/c1-7-17(4)10-8-14-18(5)12-15(20)16(2,3)13(18)9-11-19(14,6)21-17/h7,13-14H,1,8-12H2,2-6H3/t13-,14+,17+,18+,19+/m1/s1. The molecule has 0 radical (unpaired) electrons. The molecule has 0 unspecified atom stereocenters. The van der Waals surface area contributed by atoms with Gasteiger partial charge < -0.3 is 4.74 Å². The van der Waals surface area contributed by atoms with E-state index in [0.717, 1.165) is 32.1 Å². The van der Waals surface area contributed by atoms with E-state index in [0.29, 0.717) is 17.6 Å². The molecule has 0 aromatic heterocycles. The molecule has 2 heteroatoms. The van der Waals surface area contributed by atoms with Gasteiger partial charge in [-0.3, -0.25) is 4.79 Å². The average molecular weight is 290 g/mol. The molecule has 2 nitrogen and oxygen atoms in total. The number of rotatable bonds is 1. The summed E-state index contributed by atoms with van der Waals surface area (Å²) in [7, 11) is 0. The molecule has 3 aliphatic rings. The van der Waals surface area contributed by atoms with Gasteiger partial charge in [0.15, 0.2) is 0 Å². The zero-order valence-corrected chi connectivity index (χ0v) is 14.3. The van der Waals surface area contributed by atoms with Gasteiger partial charge in [0.2, 0.25) is 0 Å². The highest BCUT2D eigenvalue weighted by molar-refractivity contribution is 5.88. The van der Waals surface area contributed by atoms with Crippen molar-refractivity contribution in [3.05, 3.63) is 12.7 Å². The minimum Gasteiger partial charge on any atom is -0.365 e. The first-order valence-electron chi connectivity index (χ1n) is 8.44. The molecule has 0 aromatic rings. The lowest BCUT2D eigenvalue weighted by Gasteiger charge is -2.60. The SMILES string of the molecule is C=C[C@@]1(C)CC[C@H]2[C@@]3(C)CC(=O)C(C)(C)[C@H]3CC[C@]2(C)O1. The van der Waals surface area contributed by atoms with E-state index in [4.69, 9.17) is 4.74 Å². The molecule has 118 valence electrons. The van der Waals surface area contributed by atoms with Crippen molar-refractivity contribution in [2.75, 3.05) is 0 Å². The molecule has 1 saturated heterocycles. The largest absolute Gasteiger partial charge is 0.365 e. The molecule has 2 saturated carbocycles. The summed E-state index contributed by atoms with van der Waals surface area (Å²) in [6.07, 6.45) is 7.04. The lowest BCUT2D eigenvalue weighted by atomic mass is 9.52. The molecule has 0 N–H and O–H groups in total. The van der Waals surface area contributed by atoms with Crippen LogP contribution in [-0.4, -0.2) is 17.0 Å². The lowest BCUT2D eigenvalue weighted by Crippen LogP contribution is -2.59. The molecule has 0 spiro atoms. The van der Waals surface area contributed by atoms with Crippen LogP contribution >= 0.6 is 0 Å². The van der Waals surface area contributed by atoms with Crippen molar-refractivity contribution in [2.45, 2.75) is 77.9 Å². The van der Waals surface area contributed by atoms with Gasteiger partial charge in [-0.15, -0.1) is 6.58 Å². The van der Waals surface area contributed by atoms with Crippen molar-refractivity contribution in [3.8, 4) is 0 Å². The van der Waals surface area contributed by atoms with Crippen molar-refractivity contribution >= 4 is 5.78 Å². The zero-order chi connectivity index (χ0) is 15.7. The van der Waals surface area contributed by atoms with E-state index in [1.807, 2.05) is 6.08 Å². The maximum atomic E-state index is 12.6. The van der Waals surface area contributed by atoms with E-state index in [1.54, 1.807) is 0 Å². The summed E-state index contributed by atoms with van der Waals surface area (Å²) in [5, 5.41) is 0. The fraction of sp³-hybridized carbons (Fsp3) is 0.842. The first kappa shape index (κ1) is 15.3. The summed E-state index contributed by atoms with van der Waals surface area (Å²) in [5.41, 5.74) is -0.356. The van der Waals surface area contributed by atoms with E-state index < -0.39 is 0 Å². The van der Waals surface area contributed by atoms with Crippen molar-refractivity contribution in [2.24, 2.45) is 22.7 Å². The maximum absolute atomic E-state index is 12.6. The minimum atomic E-state index is -0.202. The Morgan fingerprint density at radius 2 is 1.71 bits per heavy atom. The van der Waals surface area contributed by atoms with E-state index in [-0.39, 0.29) is 22.0 Å². The first-order valence-corrected chi connectivity index (χ1v) is 8.44. The monoisotopic (exact) mass is 290 g/mol. The van der Waals surface area contributed by atoms with Crippen LogP contribution in [0.1, 0.15) is 66.7 Å². The van der Waals surface area contributed by atoms with E-state index in [2.05, 4.69) is 41.2 Å². The lowest BCUT2D eigenvalue weighted by molar-refractivity contribution is -0.236. The van der Waals surface area contributed by atoms with Crippen LogP contribution in [0.2, 0.25) is 0 Å². The van der Waals surface area contributed by atoms with Gasteiger partial charge in [0, 0.05) is 11.8 Å². The van der Waals surface area contributed by atoms with Gasteiger partial charge in [-0.1, -0.05) is 26.8 Å². The Morgan fingerprint density at radius 1 is 1.10 bits per heavy atom. The van der Waals surface area contributed by atoms with Gasteiger partial charge in [0.05, 0.1) is 11.2 Å². The van der Waals surface area contributed by atoms with Crippen LogP contribution in [0.5, 0.6) is 0 Å². The molecule has 5 atom stereocenters. The number of ether oxygens (including phenoxy) is 1. The number of hydrogen-bond acceptors (Lipinski definition) is 2. The number of ketones is 1. The van der Waals surface area contributed by atoms with E-state index in [9.17, 15) is 4.79 Å². The molecular formula is C19H30O2. The van der Waals surface area contributed by atoms with Crippen LogP contribution < -0.4 is 0 Å². The van der Waals surface area contributed by atoms with Crippen LogP contribution in [-0.2, 0) is 9.53 Å². The molecular weight excluding hydrogens is 260 g/mol. The molecule has 1 heterocycles. The number of Topliss-reactive ketones (excluding diaryl/α,β-unsaturated/α-hetero) is 1. The van der Waals surface area contributed by atoms with Crippen molar-refractivity contribution < 1.29 is 9.53 Å². The highest BCUT2D eigenvalue weighted by Gasteiger charge is 2.65. The van der Waals surface area contributed by atoms with Gasteiger partial charge in [-0.05, 0) is 56.8 Å². The summed E-state index contributed by atoms with van der Waals surface area (Å²) in [6, 6.07) is 0. The number of carbonyl (C=O) groups is 1. The molecule has 0 bridgehead atoms. The summed E-state index contributed by atoms with van der Waals surface area (Å²) >= 11 is 0. The smallest absolute Gasteiger partial charge is 0.139 e. The summed E-state index contributed by atoms with van der Waals surface area (Å²) < 4.78 is 6.56. The predicted octanol–water partition coefficient (Wildman–Crippen LogP) is 4.53. The Bertz CT molecular complexity index is 494. The Kier molecular flexibility index (Phi) is 3.07. The second-order valence-electron chi connectivity index (χ2n) is 8.94. The van der Waals surface area contributed by atoms with Gasteiger partial charge >= 0.3 is 0 Å². The van der Waals surface area contributed by atoms with Gasteiger partial charge in [0.1, 0.15) is 5.78 Å². The van der Waals surface area contributed by atoms with Gasteiger partial charge in [-0.25, -0.2) is 0 Å². The second kappa shape index (κ2) is 4.22. The fourth-order valence-corrected chi connectivity index (χ4v) is 5.99. The number of hydrogen-bond donors (Lipinski definition) is 0. The zero-order valence-electron chi connectivity index (χ0n) is 14.3. The predicted molar refractivity (Wildman–Crippen MR) is 85.1 cm³/mol. The first-order chi connectivity index (χ1) is 9.57. The molecule has 1 aliphatic heterocycles. The Hall–Kier alpha value is -0.630. The third-order valence-corrected chi connectivity index (χ3v) is 7.22. The van der Waals surface area contributed by atoms with Crippen molar-refractivity contribution in [1.82, 2.24) is 0 Å². The molecule has 0 amide bonds. The third kappa shape index (κ3) is 1.91. The van der Waals surface area contributed by atoms with Crippen LogP contribution in [0.25, 0.3) is 0 Å². The number of fused-ring (bicyclic) bond motifs is 3. The highest BCUT2D eigenvalue weighted by atomic mass is 16.5. The molecule has 3 fully saturated rings. The minimum absolute atomic E-state index is 0.104. The Morgan fingerprint density at radius 3 is 2.33 bits per heavy atom. The highest BCUT2D eigenvalue weighted by Crippen LogP contribution is 2.66. The van der Waals surface area contributed by atoms with Gasteiger partial charge in [0.25, 0.3) is 0 Å². The van der Waals surface area contributed by atoms with Crippen molar-refractivity contribution in [3.63, 3.8) is 0 Å².